The Labute approximate surface area is 155 Å². The van der Waals surface area contributed by atoms with E-state index in [2.05, 4.69) is 9.88 Å². The first-order valence-corrected chi connectivity index (χ1v) is 10.4. The van der Waals surface area contributed by atoms with Crippen LogP contribution in [0.25, 0.3) is 0 Å². The van der Waals surface area contributed by atoms with E-state index in [9.17, 15) is 13.2 Å². The zero-order valence-electron chi connectivity index (χ0n) is 15.7. The van der Waals surface area contributed by atoms with Gasteiger partial charge in [0, 0.05) is 58.1 Å². The molecule has 9 heteroatoms. The number of nitrogens with zero attached hydrogens (tertiary/aromatic N) is 5. The molecule has 0 spiro atoms. The van der Waals surface area contributed by atoms with Crippen molar-refractivity contribution in [1.29, 1.82) is 0 Å². The third kappa shape index (κ3) is 3.90. The summed E-state index contributed by atoms with van der Waals surface area (Å²) < 4.78 is 28.7. The number of hydrogen-bond donors (Lipinski definition) is 0. The van der Waals surface area contributed by atoms with Crippen molar-refractivity contribution in [2.75, 3.05) is 59.4 Å². The number of carbonyl (C=O) groups is 1. The predicted octanol–water partition coefficient (Wildman–Crippen LogP) is -0.0516. The van der Waals surface area contributed by atoms with Crippen LogP contribution in [0.5, 0.6) is 0 Å². The molecule has 1 aromatic heterocycles. The fourth-order valence-electron chi connectivity index (χ4n) is 3.39. The molecule has 1 aromatic rings. The molecule has 2 saturated heterocycles. The third-order valence-electron chi connectivity index (χ3n) is 5.10. The summed E-state index contributed by atoms with van der Waals surface area (Å²) in [5.41, 5.74) is 2.18. The number of hydrogen-bond acceptors (Lipinski definition) is 5. The fourth-order valence-corrected chi connectivity index (χ4v) is 4.96. The van der Waals surface area contributed by atoms with Crippen LogP contribution in [0, 0.1) is 13.8 Å². The molecule has 0 bridgehead atoms. The molecule has 0 atom stereocenters. The van der Waals surface area contributed by atoms with Crippen molar-refractivity contribution in [3.63, 3.8) is 0 Å². The predicted molar refractivity (Wildman–Crippen MR) is 99.2 cm³/mol. The molecule has 1 amide bonds. The Hall–Kier alpha value is -1.55. The fraction of sp³-hybridized carbons (Fsp3) is 0.647. The van der Waals surface area contributed by atoms with Crippen LogP contribution in [-0.2, 0) is 10.2 Å². The molecule has 0 N–H and O–H groups in total. The lowest BCUT2D eigenvalue weighted by atomic mass is 10.1. The highest BCUT2D eigenvalue weighted by atomic mass is 32.2. The molecule has 2 aliphatic heterocycles. The molecule has 8 nitrogen and oxygen atoms in total. The van der Waals surface area contributed by atoms with Gasteiger partial charge in [-0.2, -0.15) is 17.0 Å². The summed E-state index contributed by atoms with van der Waals surface area (Å²) in [6, 6.07) is 3.63. The molecule has 2 fully saturated rings. The van der Waals surface area contributed by atoms with Gasteiger partial charge in [0.2, 0.25) is 0 Å². The van der Waals surface area contributed by atoms with Gasteiger partial charge in [-0.15, -0.1) is 0 Å². The van der Waals surface area contributed by atoms with Crippen LogP contribution in [-0.4, -0.2) is 97.1 Å². The van der Waals surface area contributed by atoms with Crippen LogP contribution in [0.1, 0.15) is 21.7 Å². The number of piperazine rings is 2. The summed E-state index contributed by atoms with van der Waals surface area (Å²) in [6.45, 7) is 7.72. The molecular formula is C17H27N5O3S. The SMILES string of the molecule is Cc1ccc(C(=O)N2CCN(S(=O)(=O)N3CCN(C)CC3)CC2)c(C)n1. The maximum atomic E-state index is 12.8. The maximum absolute atomic E-state index is 12.8. The van der Waals surface area contributed by atoms with Gasteiger partial charge in [-0.25, -0.2) is 0 Å². The van der Waals surface area contributed by atoms with Gasteiger partial charge in [0.1, 0.15) is 0 Å². The van der Waals surface area contributed by atoms with Crippen LogP contribution in [0.15, 0.2) is 12.1 Å². The maximum Gasteiger partial charge on any atom is 0.282 e. The van der Waals surface area contributed by atoms with Crippen molar-refractivity contribution in [1.82, 2.24) is 23.4 Å². The number of aromatic nitrogens is 1. The Morgan fingerprint density at radius 2 is 1.46 bits per heavy atom. The van der Waals surface area contributed by atoms with E-state index < -0.39 is 10.2 Å². The van der Waals surface area contributed by atoms with Crippen molar-refractivity contribution in [3.8, 4) is 0 Å². The summed E-state index contributed by atoms with van der Waals surface area (Å²) in [6.07, 6.45) is 0. The molecule has 0 radical (unpaired) electrons. The van der Waals surface area contributed by atoms with Crippen molar-refractivity contribution < 1.29 is 13.2 Å². The van der Waals surface area contributed by atoms with Crippen molar-refractivity contribution in [2.24, 2.45) is 0 Å². The van der Waals surface area contributed by atoms with Crippen LogP contribution in [0.4, 0.5) is 0 Å². The number of amides is 1. The number of carbonyl (C=O) groups excluding carboxylic acids is 1. The minimum atomic E-state index is -3.45. The molecule has 26 heavy (non-hydrogen) atoms. The van der Waals surface area contributed by atoms with Crippen molar-refractivity contribution >= 4 is 16.1 Å². The van der Waals surface area contributed by atoms with E-state index >= 15 is 0 Å². The van der Waals surface area contributed by atoms with Gasteiger partial charge in [-0.05, 0) is 33.0 Å². The van der Waals surface area contributed by atoms with Gasteiger partial charge >= 0.3 is 0 Å². The van der Waals surface area contributed by atoms with E-state index in [4.69, 9.17) is 0 Å². The summed E-state index contributed by atoms with van der Waals surface area (Å²) in [5, 5.41) is 0. The van der Waals surface area contributed by atoms with Crippen LogP contribution >= 0.6 is 0 Å². The van der Waals surface area contributed by atoms with Gasteiger partial charge in [-0.3, -0.25) is 9.78 Å². The second-order valence-corrected chi connectivity index (χ2v) is 8.92. The molecule has 144 valence electrons. The highest BCUT2D eigenvalue weighted by Gasteiger charge is 2.35. The third-order valence-corrected chi connectivity index (χ3v) is 7.13. The second kappa shape index (κ2) is 7.59. The van der Waals surface area contributed by atoms with E-state index in [0.717, 1.165) is 18.8 Å². The van der Waals surface area contributed by atoms with Gasteiger partial charge in [0.15, 0.2) is 0 Å². The Morgan fingerprint density at radius 1 is 0.923 bits per heavy atom. The minimum Gasteiger partial charge on any atom is -0.336 e. The summed E-state index contributed by atoms with van der Waals surface area (Å²) in [5.74, 6) is -0.0772. The van der Waals surface area contributed by atoms with E-state index in [1.54, 1.807) is 15.3 Å². The number of pyridine rings is 1. The average molecular weight is 382 g/mol. The molecule has 3 rings (SSSR count). The Bertz CT molecular complexity index is 767. The molecule has 0 unspecified atom stereocenters. The summed E-state index contributed by atoms with van der Waals surface area (Å²) in [7, 11) is -1.45. The Kier molecular flexibility index (Phi) is 5.61. The van der Waals surface area contributed by atoms with Gasteiger partial charge in [-0.1, -0.05) is 0 Å². The average Bonchev–Trinajstić information content (AvgIpc) is 2.62. The zero-order valence-corrected chi connectivity index (χ0v) is 16.5. The van der Waals surface area contributed by atoms with Crippen molar-refractivity contribution in [3.05, 3.63) is 29.1 Å². The van der Waals surface area contributed by atoms with E-state index in [0.29, 0.717) is 50.5 Å². The quantitative estimate of drug-likeness (QED) is 0.734. The van der Waals surface area contributed by atoms with Crippen LogP contribution in [0.3, 0.4) is 0 Å². The first-order valence-electron chi connectivity index (χ1n) is 8.96. The topological polar surface area (TPSA) is 77.1 Å². The first-order chi connectivity index (χ1) is 12.3. The first kappa shape index (κ1) is 19.2. The van der Waals surface area contributed by atoms with Crippen LogP contribution < -0.4 is 0 Å². The highest BCUT2D eigenvalue weighted by Crippen LogP contribution is 2.17. The molecule has 0 aliphatic carbocycles. The number of aryl methyl sites for hydroxylation is 2. The lowest BCUT2D eigenvalue weighted by molar-refractivity contribution is 0.0691. The van der Waals surface area contributed by atoms with Crippen molar-refractivity contribution in [2.45, 2.75) is 13.8 Å². The van der Waals surface area contributed by atoms with E-state index in [1.807, 2.05) is 27.0 Å². The monoisotopic (exact) mass is 381 g/mol. The van der Waals surface area contributed by atoms with Gasteiger partial charge in [0.05, 0.1) is 11.3 Å². The van der Waals surface area contributed by atoms with Gasteiger partial charge < -0.3 is 9.80 Å². The molecule has 0 aromatic carbocycles. The number of rotatable bonds is 3. The molecule has 2 aliphatic rings. The Morgan fingerprint density at radius 3 is 2.00 bits per heavy atom. The summed E-state index contributed by atoms with van der Waals surface area (Å²) >= 11 is 0. The standard InChI is InChI=1S/C17H27N5O3S/c1-14-4-5-16(15(2)18-14)17(23)20-8-12-22(13-9-20)26(24,25)21-10-6-19(3)7-11-21/h4-5H,6-13H2,1-3H3. The second-order valence-electron chi connectivity index (χ2n) is 6.99. The smallest absolute Gasteiger partial charge is 0.282 e. The lowest BCUT2D eigenvalue weighted by Gasteiger charge is -2.39. The van der Waals surface area contributed by atoms with Gasteiger partial charge in [0.25, 0.3) is 16.1 Å². The molecular weight excluding hydrogens is 354 g/mol. The minimum absolute atomic E-state index is 0.0772. The van der Waals surface area contributed by atoms with Crippen LogP contribution in [0.2, 0.25) is 0 Å². The number of likely N-dealkylation sites (N-methyl/N-ethyl adjacent to an activating group) is 1. The molecule has 0 saturated carbocycles. The lowest BCUT2D eigenvalue weighted by Crippen LogP contribution is -2.57. The Balaban J connectivity index is 1.62. The largest absolute Gasteiger partial charge is 0.336 e. The zero-order chi connectivity index (χ0) is 18.9. The molecule has 3 heterocycles. The van der Waals surface area contributed by atoms with E-state index in [1.165, 1.54) is 4.31 Å². The van der Waals surface area contributed by atoms with E-state index in [-0.39, 0.29) is 5.91 Å². The normalized spacial score (nSPS) is 21.1. The summed E-state index contributed by atoms with van der Waals surface area (Å²) in [4.78, 5) is 20.9. The highest BCUT2D eigenvalue weighted by molar-refractivity contribution is 7.86.